The van der Waals surface area contributed by atoms with E-state index in [2.05, 4.69) is 5.16 Å². The summed E-state index contributed by atoms with van der Waals surface area (Å²) in [5.74, 6) is -1.73. The number of aliphatic hydroxyl groups is 4. The van der Waals surface area contributed by atoms with Crippen molar-refractivity contribution in [2.75, 3.05) is 13.2 Å². The maximum Gasteiger partial charge on any atom is 0.225 e. The summed E-state index contributed by atoms with van der Waals surface area (Å²) in [6.07, 6.45) is -3.37. The van der Waals surface area contributed by atoms with Gasteiger partial charge in [0, 0.05) is 10.6 Å². The van der Waals surface area contributed by atoms with E-state index in [-0.39, 0.29) is 12.7 Å². The fourth-order valence-corrected chi connectivity index (χ4v) is 4.71. The van der Waals surface area contributed by atoms with Crippen molar-refractivity contribution in [1.82, 2.24) is 0 Å². The normalized spacial score (nSPS) is 30.7. The van der Waals surface area contributed by atoms with Gasteiger partial charge < -0.3 is 34.7 Å². The summed E-state index contributed by atoms with van der Waals surface area (Å²) in [4.78, 5) is 5.40. The van der Waals surface area contributed by atoms with E-state index in [1.54, 1.807) is 18.2 Å². The molecular weight excluding hydrogens is 474 g/mol. The smallest absolute Gasteiger partial charge is 0.225 e. The monoisotopic (exact) mass is 505 g/mol. The van der Waals surface area contributed by atoms with Crippen LogP contribution in [0, 0.1) is 0 Å². The molecule has 0 amide bonds. The summed E-state index contributed by atoms with van der Waals surface area (Å²) in [6.45, 7) is 5.13. The second-order valence-electron chi connectivity index (χ2n) is 9.39. The summed E-state index contributed by atoms with van der Waals surface area (Å²) in [5.41, 5.74) is 2.52. The molecule has 2 aromatic rings. The molecule has 2 aliphatic heterocycles. The number of hydrogen-bond acceptors (Lipinski definition) is 8. The molecule has 5 atom stereocenters. The zero-order valence-electron chi connectivity index (χ0n) is 20.0. The van der Waals surface area contributed by atoms with E-state index >= 15 is 0 Å². The molecule has 9 heteroatoms. The number of benzene rings is 2. The lowest BCUT2D eigenvalue weighted by molar-refractivity contribution is -0.329. The second-order valence-corrected chi connectivity index (χ2v) is 9.79. The Labute approximate surface area is 209 Å². The number of nitrogens with zero attached hydrogens (tertiary/aromatic N) is 1. The van der Waals surface area contributed by atoms with Crippen LogP contribution in [0.5, 0.6) is 0 Å². The number of ether oxygens (including phenoxy) is 2. The minimum absolute atomic E-state index is 0.00660. The molecule has 0 aromatic heterocycles. The molecule has 0 unspecified atom stereocenters. The zero-order chi connectivity index (χ0) is 25.4. The summed E-state index contributed by atoms with van der Waals surface area (Å²) in [5, 5.41) is 46.2. The van der Waals surface area contributed by atoms with Gasteiger partial charge in [0.2, 0.25) is 5.79 Å². The molecule has 2 bridgehead atoms. The first-order valence-corrected chi connectivity index (χ1v) is 12.1. The standard InChI is InChI=1S/C26H32ClNO7/c1-4-21(28-34-15(2)3)17-7-5-16(6-8-17)11-18-12-19(9-10-20(18)27)26-24(32)22(30)23(31)25(13-29,35-26)14-33-26/h5-10,12,15,22-24,29-32H,4,11,13-14H2,1-3H3/t22-,23-,24+,25-,26-/m0/s1. The number of oxime groups is 1. The molecule has 0 aliphatic carbocycles. The third-order valence-electron chi connectivity index (χ3n) is 6.57. The van der Waals surface area contributed by atoms with Gasteiger partial charge in [-0.05, 0) is 55.5 Å². The van der Waals surface area contributed by atoms with Crippen molar-refractivity contribution < 1.29 is 34.7 Å². The van der Waals surface area contributed by atoms with Crippen LogP contribution < -0.4 is 0 Å². The number of hydrogen-bond donors (Lipinski definition) is 4. The second kappa shape index (κ2) is 10.1. The molecule has 0 saturated carbocycles. The largest absolute Gasteiger partial charge is 0.393 e. The molecule has 0 radical (unpaired) electrons. The van der Waals surface area contributed by atoms with E-state index in [1.807, 2.05) is 45.0 Å². The van der Waals surface area contributed by atoms with Gasteiger partial charge in [0.05, 0.1) is 18.9 Å². The molecule has 4 N–H and O–H groups in total. The predicted octanol–water partition coefficient (Wildman–Crippen LogP) is 2.50. The number of fused-ring (bicyclic) bond motifs is 2. The van der Waals surface area contributed by atoms with Crippen LogP contribution in [0.15, 0.2) is 47.6 Å². The van der Waals surface area contributed by atoms with Crippen LogP contribution in [0.3, 0.4) is 0 Å². The van der Waals surface area contributed by atoms with Crippen LogP contribution in [0.1, 0.15) is 49.4 Å². The Morgan fingerprint density at radius 2 is 1.86 bits per heavy atom. The van der Waals surface area contributed by atoms with Gasteiger partial charge in [-0.1, -0.05) is 54.0 Å². The highest BCUT2D eigenvalue weighted by molar-refractivity contribution is 6.31. The molecule has 2 aliphatic rings. The first-order chi connectivity index (χ1) is 16.7. The third kappa shape index (κ3) is 4.72. The minimum Gasteiger partial charge on any atom is -0.393 e. The van der Waals surface area contributed by atoms with Crippen LogP contribution >= 0.6 is 11.6 Å². The van der Waals surface area contributed by atoms with Crippen molar-refractivity contribution in [2.45, 2.75) is 69.4 Å². The fourth-order valence-electron chi connectivity index (χ4n) is 4.53. The summed E-state index contributed by atoms with van der Waals surface area (Å²) in [6, 6.07) is 13.0. The molecule has 4 rings (SSSR count). The van der Waals surface area contributed by atoms with Crippen LogP contribution in [-0.4, -0.2) is 69.4 Å². The molecule has 2 aromatic carbocycles. The van der Waals surface area contributed by atoms with Crippen LogP contribution in [0.4, 0.5) is 0 Å². The quantitative estimate of drug-likeness (QED) is 0.321. The Balaban J connectivity index is 1.60. The Morgan fingerprint density at radius 3 is 2.49 bits per heavy atom. The third-order valence-corrected chi connectivity index (χ3v) is 6.94. The molecule has 2 heterocycles. The molecule has 2 fully saturated rings. The average Bonchev–Trinajstić information content (AvgIpc) is 3.24. The number of rotatable bonds is 8. The Morgan fingerprint density at radius 1 is 1.14 bits per heavy atom. The predicted molar refractivity (Wildman–Crippen MR) is 130 cm³/mol. The molecule has 190 valence electrons. The summed E-state index contributed by atoms with van der Waals surface area (Å²) < 4.78 is 11.8. The molecule has 0 spiro atoms. The maximum absolute atomic E-state index is 10.8. The first kappa shape index (κ1) is 26.0. The lowest BCUT2D eigenvalue weighted by Crippen LogP contribution is -2.65. The fraction of sp³-hybridized carbons (Fsp3) is 0.500. The summed E-state index contributed by atoms with van der Waals surface area (Å²) >= 11 is 6.49. The van der Waals surface area contributed by atoms with Gasteiger partial charge in [0.1, 0.15) is 30.0 Å². The van der Waals surface area contributed by atoms with Crippen molar-refractivity contribution in [3.05, 3.63) is 69.7 Å². The van der Waals surface area contributed by atoms with Gasteiger partial charge in [-0.2, -0.15) is 0 Å². The van der Waals surface area contributed by atoms with E-state index in [0.717, 1.165) is 28.8 Å². The summed E-state index contributed by atoms with van der Waals surface area (Å²) in [7, 11) is 0. The Bertz CT molecular complexity index is 1080. The highest BCUT2D eigenvalue weighted by atomic mass is 35.5. The van der Waals surface area contributed by atoms with E-state index in [4.69, 9.17) is 25.9 Å². The number of aliphatic hydroxyl groups excluding tert-OH is 4. The van der Waals surface area contributed by atoms with E-state index in [9.17, 15) is 20.4 Å². The van der Waals surface area contributed by atoms with E-state index in [1.165, 1.54) is 0 Å². The minimum atomic E-state index is -1.73. The van der Waals surface area contributed by atoms with Crippen molar-refractivity contribution in [3.8, 4) is 0 Å². The Hall–Kier alpha value is -2.04. The maximum atomic E-state index is 10.8. The van der Waals surface area contributed by atoms with Crippen molar-refractivity contribution in [3.63, 3.8) is 0 Å². The highest BCUT2D eigenvalue weighted by Gasteiger charge is 2.67. The van der Waals surface area contributed by atoms with Gasteiger partial charge in [0.25, 0.3) is 0 Å². The average molecular weight is 506 g/mol. The van der Waals surface area contributed by atoms with E-state index < -0.39 is 36.3 Å². The lowest BCUT2D eigenvalue weighted by atomic mass is 9.83. The van der Waals surface area contributed by atoms with Gasteiger partial charge >= 0.3 is 0 Å². The van der Waals surface area contributed by atoms with Gasteiger partial charge in [0.15, 0.2) is 0 Å². The zero-order valence-corrected chi connectivity index (χ0v) is 20.8. The lowest BCUT2D eigenvalue weighted by Gasteiger charge is -2.46. The van der Waals surface area contributed by atoms with Gasteiger partial charge in [-0.25, -0.2) is 0 Å². The molecule has 35 heavy (non-hydrogen) atoms. The van der Waals surface area contributed by atoms with Crippen molar-refractivity contribution in [2.24, 2.45) is 5.16 Å². The molecule has 8 nitrogen and oxygen atoms in total. The van der Waals surface area contributed by atoms with Gasteiger partial charge in [-0.3, -0.25) is 0 Å². The highest BCUT2D eigenvalue weighted by Crippen LogP contribution is 2.49. The first-order valence-electron chi connectivity index (χ1n) is 11.8. The van der Waals surface area contributed by atoms with Crippen LogP contribution in [0.2, 0.25) is 5.02 Å². The number of halogens is 1. The van der Waals surface area contributed by atoms with Gasteiger partial charge in [-0.15, -0.1) is 0 Å². The Kier molecular flexibility index (Phi) is 7.54. The van der Waals surface area contributed by atoms with Crippen LogP contribution in [0.25, 0.3) is 0 Å². The SMILES string of the molecule is CCC(=NOC(C)C)c1ccc(Cc2cc([C@]34OC[C@](CO)(O3)[C@@H](O)[C@H](O)[C@H]4O)ccc2Cl)cc1. The molecule has 2 saturated heterocycles. The van der Waals surface area contributed by atoms with Crippen molar-refractivity contribution in [1.29, 1.82) is 0 Å². The van der Waals surface area contributed by atoms with Crippen molar-refractivity contribution >= 4 is 17.3 Å². The molecular formula is C26H32ClNO7. The topological polar surface area (TPSA) is 121 Å². The van der Waals surface area contributed by atoms with Crippen LogP contribution in [-0.2, 0) is 26.5 Å². The van der Waals surface area contributed by atoms with E-state index in [0.29, 0.717) is 17.0 Å².